The van der Waals surface area contributed by atoms with Crippen molar-refractivity contribution in [3.63, 3.8) is 0 Å². The van der Waals surface area contributed by atoms with Crippen LogP contribution in [0.4, 0.5) is 8.78 Å². The molecular weight excluding hydrogens is 264 g/mol. The molecule has 0 heterocycles. The number of carbonyl (C=O) groups excluding carboxylic acids is 1. The van der Waals surface area contributed by atoms with Crippen LogP contribution < -0.4 is 5.32 Å². The quantitative estimate of drug-likeness (QED) is 0.836. The first-order chi connectivity index (χ1) is 9.56. The van der Waals surface area contributed by atoms with E-state index in [1.807, 2.05) is 0 Å². The highest BCUT2D eigenvalue weighted by atomic mass is 19.1. The lowest BCUT2D eigenvalue weighted by molar-refractivity contribution is -0.122. The molecule has 0 radical (unpaired) electrons. The number of carbonyl (C=O) groups is 1. The summed E-state index contributed by atoms with van der Waals surface area (Å²) < 4.78 is 26.2. The summed E-state index contributed by atoms with van der Waals surface area (Å²) in [5.74, 6) is -1.73. The molecule has 3 nitrogen and oxygen atoms in total. The molecule has 0 saturated heterocycles. The van der Waals surface area contributed by atoms with Gasteiger partial charge in [0, 0.05) is 6.07 Å². The summed E-state index contributed by atoms with van der Waals surface area (Å²) in [6.07, 6.45) is 3.70. The zero-order valence-corrected chi connectivity index (χ0v) is 11.2. The number of nitrogens with one attached hydrogen (secondary N) is 1. The van der Waals surface area contributed by atoms with Crippen LogP contribution in [0.2, 0.25) is 0 Å². The summed E-state index contributed by atoms with van der Waals surface area (Å²) in [5, 5.41) is 12.7. The molecular formula is C15H19F2NO2. The Hall–Kier alpha value is -1.49. The number of hydrogen-bond donors (Lipinski definition) is 2. The van der Waals surface area contributed by atoms with Crippen LogP contribution in [0.5, 0.6) is 0 Å². The fourth-order valence-corrected chi connectivity index (χ4v) is 2.55. The monoisotopic (exact) mass is 283 g/mol. The van der Waals surface area contributed by atoms with Gasteiger partial charge in [0.2, 0.25) is 5.91 Å². The van der Waals surface area contributed by atoms with Crippen molar-refractivity contribution in [2.24, 2.45) is 0 Å². The van der Waals surface area contributed by atoms with Crippen molar-refractivity contribution in [2.45, 2.75) is 50.7 Å². The molecule has 1 aromatic carbocycles. The van der Waals surface area contributed by atoms with Gasteiger partial charge in [-0.25, -0.2) is 8.78 Å². The Morgan fingerprint density at radius 2 is 2.00 bits per heavy atom. The lowest BCUT2D eigenvalue weighted by Crippen LogP contribution is -2.43. The SMILES string of the molecule is O=C(Cc1ccc(F)cc1F)NC1CCCCCC1O. The highest BCUT2D eigenvalue weighted by Gasteiger charge is 2.23. The molecule has 2 N–H and O–H groups in total. The molecule has 20 heavy (non-hydrogen) atoms. The molecule has 0 spiro atoms. The molecule has 2 unspecified atom stereocenters. The van der Waals surface area contributed by atoms with E-state index < -0.39 is 17.7 Å². The maximum Gasteiger partial charge on any atom is 0.224 e. The molecule has 1 fully saturated rings. The van der Waals surface area contributed by atoms with Gasteiger partial charge in [0.25, 0.3) is 0 Å². The van der Waals surface area contributed by atoms with Gasteiger partial charge in [-0.1, -0.05) is 25.3 Å². The number of amides is 1. The molecule has 0 aromatic heterocycles. The van der Waals surface area contributed by atoms with E-state index in [2.05, 4.69) is 5.32 Å². The van der Waals surface area contributed by atoms with Crippen LogP contribution in [-0.2, 0) is 11.2 Å². The highest BCUT2D eigenvalue weighted by Crippen LogP contribution is 2.18. The standard InChI is InChI=1S/C15H19F2NO2/c16-11-7-6-10(12(17)9-11)8-15(20)18-13-4-2-1-3-5-14(13)19/h6-7,9,13-14,19H,1-5,8H2,(H,18,20). The number of aliphatic hydroxyl groups excluding tert-OH is 1. The second-order valence-corrected chi connectivity index (χ2v) is 5.29. The number of aliphatic hydroxyl groups is 1. The molecule has 1 amide bonds. The molecule has 110 valence electrons. The molecule has 1 aliphatic rings. The van der Waals surface area contributed by atoms with Gasteiger partial charge in [-0.2, -0.15) is 0 Å². The average molecular weight is 283 g/mol. The van der Waals surface area contributed by atoms with Crippen molar-refractivity contribution in [3.05, 3.63) is 35.4 Å². The van der Waals surface area contributed by atoms with E-state index in [1.165, 1.54) is 6.07 Å². The summed E-state index contributed by atoms with van der Waals surface area (Å²) in [5.41, 5.74) is 0.159. The summed E-state index contributed by atoms with van der Waals surface area (Å²) in [7, 11) is 0. The molecule has 2 atom stereocenters. The Balaban J connectivity index is 1.94. The smallest absolute Gasteiger partial charge is 0.224 e. The fourth-order valence-electron chi connectivity index (χ4n) is 2.55. The minimum absolute atomic E-state index is 0.144. The predicted molar refractivity (Wildman–Crippen MR) is 71.1 cm³/mol. The Kier molecular flexibility index (Phi) is 5.06. The van der Waals surface area contributed by atoms with E-state index in [1.54, 1.807) is 0 Å². The van der Waals surface area contributed by atoms with Gasteiger partial charge in [0.05, 0.1) is 18.6 Å². The van der Waals surface area contributed by atoms with Crippen molar-refractivity contribution in [1.29, 1.82) is 0 Å². The first-order valence-electron chi connectivity index (χ1n) is 6.97. The minimum Gasteiger partial charge on any atom is -0.391 e. The molecule has 1 aliphatic carbocycles. The van der Waals surface area contributed by atoms with Crippen LogP contribution >= 0.6 is 0 Å². The number of halogens is 2. The lowest BCUT2D eigenvalue weighted by Gasteiger charge is -2.21. The molecule has 1 aromatic rings. The highest BCUT2D eigenvalue weighted by molar-refractivity contribution is 5.79. The number of rotatable bonds is 3. The van der Waals surface area contributed by atoms with Crippen LogP contribution in [0.1, 0.15) is 37.7 Å². The van der Waals surface area contributed by atoms with Crippen molar-refractivity contribution in [1.82, 2.24) is 5.32 Å². The zero-order valence-electron chi connectivity index (χ0n) is 11.2. The average Bonchev–Trinajstić information content (AvgIpc) is 2.59. The van der Waals surface area contributed by atoms with Crippen molar-refractivity contribution in [3.8, 4) is 0 Å². The Morgan fingerprint density at radius 1 is 1.25 bits per heavy atom. The summed E-state index contributed by atoms with van der Waals surface area (Å²) >= 11 is 0. The first-order valence-corrected chi connectivity index (χ1v) is 6.97. The van der Waals surface area contributed by atoms with E-state index in [9.17, 15) is 18.7 Å². The second kappa shape index (κ2) is 6.79. The van der Waals surface area contributed by atoms with Crippen LogP contribution in [-0.4, -0.2) is 23.2 Å². The molecule has 0 bridgehead atoms. The van der Waals surface area contributed by atoms with Gasteiger partial charge in [0.1, 0.15) is 11.6 Å². The fraction of sp³-hybridized carbons (Fsp3) is 0.533. The van der Waals surface area contributed by atoms with Crippen LogP contribution in [0.25, 0.3) is 0 Å². The Morgan fingerprint density at radius 3 is 2.75 bits per heavy atom. The van der Waals surface area contributed by atoms with Gasteiger partial charge in [-0.05, 0) is 24.5 Å². The van der Waals surface area contributed by atoms with E-state index in [0.29, 0.717) is 6.42 Å². The van der Waals surface area contributed by atoms with E-state index in [4.69, 9.17) is 0 Å². The maximum absolute atomic E-state index is 13.5. The molecule has 2 rings (SSSR count). The third kappa shape index (κ3) is 4.00. The van der Waals surface area contributed by atoms with E-state index in [0.717, 1.165) is 37.8 Å². The molecule has 5 heteroatoms. The summed E-state index contributed by atoms with van der Waals surface area (Å²) in [6.45, 7) is 0. The maximum atomic E-state index is 13.5. The minimum atomic E-state index is -0.721. The van der Waals surface area contributed by atoms with Crippen molar-refractivity contribution >= 4 is 5.91 Å². The summed E-state index contributed by atoms with van der Waals surface area (Å²) in [6, 6.07) is 2.90. The largest absolute Gasteiger partial charge is 0.391 e. The van der Waals surface area contributed by atoms with Crippen LogP contribution in [0.15, 0.2) is 18.2 Å². The van der Waals surface area contributed by atoms with Gasteiger partial charge in [-0.3, -0.25) is 4.79 Å². The van der Waals surface area contributed by atoms with Gasteiger partial charge in [0.15, 0.2) is 0 Å². The normalized spacial score (nSPS) is 23.1. The lowest BCUT2D eigenvalue weighted by atomic mass is 10.1. The van der Waals surface area contributed by atoms with Gasteiger partial charge < -0.3 is 10.4 Å². The van der Waals surface area contributed by atoms with E-state index in [-0.39, 0.29) is 23.9 Å². The third-order valence-corrected chi connectivity index (χ3v) is 3.69. The summed E-state index contributed by atoms with van der Waals surface area (Å²) in [4.78, 5) is 11.9. The van der Waals surface area contributed by atoms with Crippen molar-refractivity contribution in [2.75, 3.05) is 0 Å². The first kappa shape index (κ1) is 14.9. The zero-order chi connectivity index (χ0) is 14.5. The van der Waals surface area contributed by atoms with Crippen molar-refractivity contribution < 1.29 is 18.7 Å². The predicted octanol–water partition coefficient (Wildman–Crippen LogP) is 2.32. The van der Waals surface area contributed by atoms with Crippen LogP contribution in [0.3, 0.4) is 0 Å². The van der Waals surface area contributed by atoms with Gasteiger partial charge in [-0.15, -0.1) is 0 Å². The third-order valence-electron chi connectivity index (χ3n) is 3.69. The number of benzene rings is 1. The topological polar surface area (TPSA) is 49.3 Å². The van der Waals surface area contributed by atoms with Crippen LogP contribution in [0, 0.1) is 11.6 Å². The Labute approximate surface area is 117 Å². The molecule has 1 saturated carbocycles. The number of hydrogen-bond acceptors (Lipinski definition) is 2. The second-order valence-electron chi connectivity index (χ2n) is 5.29. The Bertz CT molecular complexity index is 479. The van der Waals surface area contributed by atoms with Gasteiger partial charge >= 0.3 is 0 Å². The van der Waals surface area contributed by atoms with E-state index >= 15 is 0 Å². The molecule has 0 aliphatic heterocycles.